The first-order valence-corrected chi connectivity index (χ1v) is 10.6. The summed E-state index contributed by atoms with van der Waals surface area (Å²) in [6, 6.07) is 7.79. The first-order valence-electron chi connectivity index (χ1n) is 8.51. The smallest absolute Gasteiger partial charge is 0.0817 e. The van der Waals surface area contributed by atoms with Gasteiger partial charge in [0, 0.05) is 9.80 Å². The highest BCUT2D eigenvalue weighted by atomic mass is 79.9. The molecule has 23 heavy (non-hydrogen) atoms. The number of benzene rings is 1. The highest BCUT2D eigenvalue weighted by molar-refractivity contribution is 9.09. The fourth-order valence-electron chi connectivity index (χ4n) is 2.29. The highest BCUT2D eigenvalue weighted by Crippen LogP contribution is 2.27. The fraction of sp³-hybridized carbons (Fsp3) is 0.579. The van der Waals surface area contributed by atoms with E-state index in [-0.39, 0.29) is 4.83 Å². The molecule has 0 saturated carbocycles. The molecule has 1 N–H and O–H groups in total. The molecule has 2 nitrogen and oxygen atoms in total. The lowest BCUT2D eigenvalue weighted by Gasteiger charge is -2.20. The van der Waals surface area contributed by atoms with Gasteiger partial charge in [-0.05, 0) is 31.9 Å². The van der Waals surface area contributed by atoms with Crippen LogP contribution >= 0.6 is 15.9 Å². The molecule has 0 aliphatic rings. The van der Waals surface area contributed by atoms with Gasteiger partial charge in [-0.3, -0.25) is 0 Å². The summed E-state index contributed by atoms with van der Waals surface area (Å²) in [6.07, 6.45) is 7.36. The molecule has 130 valence electrons. The van der Waals surface area contributed by atoms with Crippen LogP contribution in [0.2, 0.25) is 0 Å². The summed E-state index contributed by atoms with van der Waals surface area (Å²) in [5.41, 5.74) is 1.15. The molecule has 0 unspecified atom stereocenters. The maximum atomic E-state index is 13.0. The van der Waals surface area contributed by atoms with E-state index in [2.05, 4.69) is 29.8 Å². The summed E-state index contributed by atoms with van der Waals surface area (Å²) in [5.74, 6) is 0. The van der Waals surface area contributed by atoms with Gasteiger partial charge in [0.05, 0.1) is 21.7 Å². The van der Waals surface area contributed by atoms with E-state index in [0.717, 1.165) is 53.9 Å². The van der Waals surface area contributed by atoms with Gasteiger partial charge in [-0.25, -0.2) is 4.21 Å². The van der Waals surface area contributed by atoms with Crippen LogP contribution in [0, 0.1) is 6.92 Å². The van der Waals surface area contributed by atoms with Crippen LogP contribution in [0.25, 0.3) is 0 Å². The monoisotopic (exact) mass is 400 g/mol. The number of unbranched alkanes of at least 4 members (excludes halogenated alkanes) is 3. The van der Waals surface area contributed by atoms with Crippen LogP contribution in [0.4, 0.5) is 0 Å². The SMILES string of the molecule is CCCC/C=C(\[C@H](Br)[C@H](O)CCCC)[S@@](=O)c1ccc(C)cc1. The van der Waals surface area contributed by atoms with Gasteiger partial charge >= 0.3 is 0 Å². The molecule has 0 amide bonds. The molecule has 4 heteroatoms. The summed E-state index contributed by atoms with van der Waals surface area (Å²) in [6.45, 7) is 6.27. The number of hydrogen-bond acceptors (Lipinski definition) is 2. The number of hydrogen-bond donors (Lipinski definition) is 1. The van der Waals surface area contributed by atoms with Gasteiger partial charge in [-0.1, -0.05) is 79.2 Å². The summed E-state index contributed by atoms with van der Waals surface area (Å²) in [7, 11) is -1.23. The van der Waals surface area contributed by atoms with Gasteiger partial charge < -0.3 is 5.11 Å². The third kappa shape index (κ3) is 6.90. The molecule has 0 aliphatic carbocycles. The van der Waals surface area contributed by atoms with Crippen LogP contribution in [-0.2, 0) is 10.8 Å². The van der Waals surface area contributed by atoms with Crippen molar-refractivity contribution in [1.82, 2.24) is 0 Å². The minimum absolute atomic E-state index is 0.256. The number of aliphatic hydroxyl groups is 1. The lowest BCUT2D eigenvalue weighted by Crippen LogP contribution is -2.24. The van der Waals surface area contributed by atoms with Gasteiger partial charge in [0.2, 0.25) is 0 Å². The first-order chi connectivity index (χ1) is 11.0. The standard InChI is InChI=1S/C19H29BrO2S/c1-4-6-8-10-18(19(20)17(21)9-7-5-2)23(22)16-13-11-15(3)12-14-16/h10-14,17,19,21H,4-9H2,1-3H3/b18-10+/t17-,19-,23+/m1/s1. The van der Waals surface area contributed by atoms with Crippen LogP contribution in [-0.4, -0.2) is 20.2 Å². The van der Waals surface area contributed by atoms with Crippen LogP contribution in [0.3, 0.4) is 0 Å². The van der Waals surface area contributed by atoms with Gasteiger partial charge in [0.15, 0.2) is 0 Å². The van der Waals surface area contributed by atoms with Crippen molar-refractivity contribution < 1.29 is 9.32 Å². The first kappa shape index (κ1) is 20.6. The predicted octanol–water partition coefficient (Wildman–Crippen LogP) is 5.49. The molecule has 1 rings (SSSR count). The average molecular weight is 401 g/mol. The maximum Gasteiger partial charge on any atom is 0.0817 e. The summed E-state index contributed by atoms with van der Waals surface area (Å²) < 4.78 is 13.0. The fourth-order valence-corrected chi connectivity index (χ4v) is 4.53. The van der Waals surface area contributed by atoms with Crippen LogP contribution in [0.1, 0.15) is 57.9 Å². The quantitative estimate of drug-likeness (QED) is 0.416. The number of alkyl halides is 1. The summed E-state index contributed by atoms with van der Waals surface area (Å²) in [4.78, 5) is 1.34. The van der Waals surface area contributed by atoms with Crippen molar-refractivity contribution in [1.29, 1.82) is 0 Å². The molecular weight excluding hydrogens is 372 g/mol. The molecule has 0 spiro atoms. The van der Waals surface area contributed by atoms with Crippen molar-refractivity contribution >= 4 is 26.7 Å². The molecule has 1 aromatic rings. The highest BCUT2D eigenvalue weighted by Gasteiger charge is 2.24. The van der Waals surface area contributed by atoms with Crippen LogP contribution in [0.5, 0.6) is 0 Å². The molecule has 0 aliphatic heterocycles. The van der Waals surface area contributed by atoms with Crippen molar-refractivity contribution in [2.45, 2.75) is 75.1 Å². The van der Waals surface area contributed by atoms with Gasteiger partial charge in [0.25, 0.3) is 0 Å². The van der Waals surface area contributed by atoms with Gasteiger partial charge in [0.1, 0.15) is 0 Å². The lowest BCUT2D eigenvalue weighted by molar-refractivity contribution is 0.170. The second kappa shape index (κ2) is 11.2. The van der Waals surface area contributed by atoms with Crippen LogP contribution < -0.4 is 0 Å². The minimum atomic E-state index is -1.23. The lowest BCUT2D eigenvalue weighted by atomic mass is 10.1. The van der Waals surface area contributed by atoms with Gasteiger partial charge in [-0.15, -0.1) is 0 Å². The van der Waals surface area contributed by atoms with Crippen molar-refractivity contribution in [3.8, 4) is 0 Å². The number of halogens is 1. The number of aryl methyl sites for hydroxylation is 1. The molecule has 0 fully saturated rings. The Morgan fingerprint density at radius 1 is 1.22 bits per heavy atom. The van der Waals surface area contributed by atoms with Crippen molar-refractivity contribution in [2.75, 3.05) is 0 Å². The molecular formula is C19H29BrO2S. The van der Waals surface area contributed by atoms with Gasteiger partial charge in [-0.2, -0.15) is 0 Å². The molecule has 0 aromatic heterocycles. The average Bonchev–Trinajstić information content (AvgIpc) is 2.56. The largest absolute Gasteiger partial charge is 0.392 e. The summed E-state index contributed by atoms with van der Waals surface area (Å²) >= 11 is 3.59. The van der Waals surface area contributed by atoms with Crippen molar-refractivity contribution in [2.24, 2.45) is 0 Å². The van der Waals surface area contributed by atoms with E-state index < -0.39 is 16.9 Å². The number of rotatable bonds is 10. The summed E-state index contributed by atoms with van der Waals surface area (Å²) in [5, 5.41) is 10.4. The Bertz CT molecular complexity index is 511. The Hall–Kier alpha value is -0.450. The Kier molecular flexibility index (Phi) is 10.00. The molecule has 0 bridgehead atoms. The zero-order valence-corrected chi connectivity index (χ0v) is 16.8. The Labute approximate surface area is 152 Å². The van der Waals surface area contributed by atoms with E-state index in [4.69, 9.17) is 0 Å². The molecule has 1 aromatic carbocycles. The zero-order valence-electron chi connectivity index (χ0n) is 14.4. The van der Waals surface area contributed by atoms with E-state index in [0.29, 0.717) is 0 Å². The molecule has 0 heterocycles. The number of aliphatic hydroxyl groups excluding tert-OH is 1. The van der Waals surface area contributed by atoms with E-state index in [1.54, 1.807) is 0 Å². The Balaban J connectivity index is 2.96. The third-order valence-corrected chi connectivity index (χ3v) is 6.77. The Morgan fingerprint density at radius 3 is 2.39 bits per heavy atom. The zero-order chi connectivity index (χ0) is 17.2. The normalized spacial score (nSPS) is 16.1. The molecule has 3 atom stereocenters. The molecule has 0 radical (unpaired) electrons. The van der Waals surface area contributed by atoms with E-state index in [9.17, 15) is 9.32 Å². The van der Waals surface area contributed by atoms with Crippen molar-refractivity contribution in [3.63, 3.8) is 0 Å². The van der Waals surface area contributed by atoms with Crippen molar-refractivity contribution in [3.05, 3.63) is 40.8 Å². The van der Waals surface area contributed by atoms with E-state index in [1.165, 1.54) is 0 Å². The predicted molar refractivity (Wildman–Crippen MR) is 103 cm³/mol. The minimum Gasteiger partial charge on any atom is -0.392 e. The van der Waals surface area contributed by atoms with E-state index in [1.807, 2.05) is 37.3 Å². The third-order valence-electron chi connectivity index (χ3n) is 3.82. The Morgan fingerprint density at radius 2 is 1.83 bits per heavy atom. The maximum absolute atomic E-state index is 13.0. The topological polar surface area (TPSA) is 37.3 Å². The molecule has 0 saturated heterocycles. The van der Waals surface area contributed by atoms with Crippen LogP contribution in [0.15, 0.2) is 40.1 Å². The second-order valence-corrected chi connectivity index (χ2v) is 8.41. The second-order valence-electron chi connectivity index (χ2n) is 5.94. The van der Waals surface area contributed by atoms with E-state index >= 15 is 0 Å². The number of allylic oxidation sites excluding steroid dienone is 1.